The molecule has 0 aliphatic heterocycles. The Labute approximate surface area is 300 Å². The van der Waals surface area contributed by atoms with Crippen LogP contribution in [0.25, 0.3) is 22.0 Å². The van der Waals surface area contributed by atoms with Gasteiger partial charge in [-0.2, -0.15) is 0 Å². The van der Waals surface area contributed by atoms with E-state index in [2.05, 4.69) is 20.3 Å². The molecule has 3 aromatic carbocycles. The van der Waals surface area contributed by atoms with Crippen molar-refractivity contribution in [2.75, 3.05) is 23.3 Å². The molecule has 0 radical (unpaired) electrons. The molecule has 3 N–H and O–H groups in total. The quantitative estimate of drug-likeness (QED) is 0.0789. The van der Waals surface area contributed by atoms with E-state index < -0.39 is 34.7 Å². The second kappa shape index (κ2) is 17.5. The number of aromatic nitrogens is 3. The van der Waals surface area contributed by atoms with Gasteiger partial charge >= 0.3 is 6.09 Å². The molecule has 2 heterocycles. The number of benzene rings is 3. The molecule has 2 aromatic heterocycles. The number of carbonyl (C=O) groups excluding carboxylic acids is 2. The minimum atomic E-state index is -3.03. The number of hydrogen-bond acceptors (Lipinski definition) is 10. The Morgan fingerprint density at radius 3 is 2.44 bits per heavy atom. The molecule has 0 bridgehead atoms. The van der Waals surface area contributed by atoms with E-state index in [-0.39, 0.29) is 23.2 Å². The molecule has 2 amide bonds. The molecule has 0 aliphatic carbocycles. The van der Waals surface area contributed by atoms with Crippen molar-refractivity contribution < 1.29 is 41.3 Å². The predicted molar refractivity (Wildman–Crippen MR) is 190 cm³/mol. The average molecular weight is 734 g/mol. The highest BCUT2D eigenvalue weighted by molar-refractivity contribution is 7.81. The summed E-state index contributed by atoms with van der Waals surface area (Å²) in [5.41, 5.74) is 7.26. The number of nitrogens with zero attached hydrogens (tertiary/aromatic N) is 4. The number of anilines is 3. The van der Waals surface area contributed by atoms with E-state index in [4.69, 9.17) is 19.9 Å². The highest BCUT2D eigenvalue weighted by Crippen LogP contribution is 2.39. The highest BCUT2D eigenvalue weighted by Gasteiger charge is 2.22. The summed E-state index contributed by atoms with van der Waals surface area (Å²) in [5, 5.41) is 3.44. The first-order valence-electron chi connectivity index (χ1n) is 16.2. The van der Waals surface area contributed by atoms with Crippen molar-refractivity contribution in [2.24, 2.45) is 5.73 Å². The summed E-state index contributed by atoms with van der Waals surface area (Å²) in [6.45, 7) is 2.19. The molecule has 0 saturated carbocycles. The number of ether oxygens (including phenoxy) is 3. The first-order chi connectivity index (χ1) is 25.0. The number of amides is 2. The zero-order valence-electron chi connectivity index (χ0n) is 28.3. The molecular formula is C36H35F2N6O7S-. The Kier molecular flexibility index (Phi) is 12.6. The molecule has 0 spiro atoms. The van der Waals surface area contributed by atoms with Gasteiger partial charge in [-0.05, 0) is 67.8 Å². The van der Waals surface area contributed by atoms with Crippen molar-refractivity contribution in [2.45, 2.75) is 45.4 Å². The van der Waals surface area contributed by atoms with E-state index in [1.54, 1.807) is 24.3 Å². The Balaban J connectivity index is 1.24. The van der Waals surface area contributed by atoms with Crippen molar-refractivity contribution in [3.63, 3.8) is 0 Å². The van der Waals surface area contributed by atoms with E-state index in [1.807, 2.05) is 13.0 Å². The normalized spacial score (nSPS) is 11.6. The number of methoxy groups -OCH3 is 1. The van der Waals surface area contributed by atoms with Gasteiger partial charge in [0.05, 0.1) is 36.4 Å². The van der Waals surface area contributed by atoms with Crippen LogP contribution in [0.15, 0.2) is 73.2 Å². The maximum atomic E-state index is 14.8. The highest BCUT2D eigenvalue weighted by atomic mass is 32.2. The molecule has 1 unspecified atom stereocenters. The third kappa shape index (κ3) is 9.32. The largest absolute Gasteiger partial charge is 0.755 e. The number of primary amides is 1. The van der Waals surface area contributed by atoms with Crippen LogP contribution in [0.2, 0.25) is 0 Å². The SMILES string of the molecule is COc1ncc(-c2cc(OCCCCCCCC(=O)Nc3ccccc3OC(N)=O)c3ncnc(C)c3c2)cc1N(c1ccc(F)cc1F)S(=O)[O-]. The number of carbonyl (C=O) groups is 2. The van der Waals surface area contributed by atoms with Crippen LogP contribution < -0.4 is 29.6 Å². The lowest BCUT2D eigenvalue weighted by Crippen LogP contribution is -2.22. The summed E-state index contributed by atoms with van der Waals surface area (Å²) in [7, 11) is 1.30. The molecule has 0 fully saturated rings. The van der Waals surface area contributed by atoms with Gasteiger partial charge in [0.2, 0.25) is 11.8 Å². The summed E-state index contributed by atoms with van der Waals surface area (Å²) < 4.78 is 70.3. The van der Waals surface area contributed by atoms with E-state index in [0.29, 0.717) is 69.0 Å². The van der Waals surface area contributed by atoms with Crippen LogP contribution in [0.5, 0.6) is 17.4 Å². The molecule has 272 valence electrons. The number of para-hydroxylation sites is 2. The van der Waals surface area contributed by atoms with Gasteiger partial charge in [-0.15, -0.1) is 0 Å². The standard InChI is InChI=1S/C36H36F2N6O7S/c1-22-26-16-23(24-17-30(35(49-2)40-20-24)44(52(47)48)29-14-13-25(37)19-27(29)38)18-32(34(26)42-21-41-22)50-15-9-5-3-4-6-12-33(45)43-28-10-7-8-11-31(28)51-36(39)46/h7-8,10-11,13-14,16-21H,3-6,9,12,15H2,1-2H3,(H2,39,46)(H,43,45)(H,47,48)/p-1. The van der Waals surface area contributed by atoms with Crippen molar-refractivity contribution in [1.82, 2.24) is 15.0 Å². The second-order valence-electron chi connectivity index (χ2n) is 11.5. The molecule has 0 saturated heterocycles. The maximum absolute atomic E-state index is 14.8. The summed E-state index contributed by atoms with van der Waals surface area (Å²) in [6, 6.07) is 14.1. The Morgan fingerprint density at radius 2 is 1.69 bits per heavy atom. The van der Waals surface area contributed by atoms with Crippen LogP contribution >= 0.6 is 0 Å². The summed E-state index contributed by atoms with van der Waals surface area (Å²) in [5.74, 6) is -1.61. The lowest BCUT2D eigenvalue weighted by Gasteiger charge is -2.28. The summed E-state index contributed by atoms with van der Waals surface area (Å²) in [6.07, 6.45) is 6.16. The van der Waals surface area contributed by atoms with Crippen molar-refractivity contribution in [1.29, 1.82) is 0 Å². The van der Waals surface area contributed by atoms with Crippen molar-refractivity contribution >= 4 is 51.2 Å². The van der Waals surface area contributed by atoms with Gasteiger partial charge in [0.1, 0.15) is 29.1 Å². The number of rotatable bonds is 16. The Bertz CT molecular complexity index is 2100. The van der Waals surface area contributed by atoms with Crippen molar-refractivity contribution in [3.8, 4) is 28.5 Å². The van der Waals surface area contributed by atoms with E-state index >= 15 is 0 Å². The molecule has 5 rings (SSSR count). The number of pyridine rings is 1. The zero-order valence-corrected chi connectivity index (χ0v) is 29.1. The van der Waals surface area contributed by atoms with E-state index in [0.717, 1.165) is 37.8 Å². The molecule has 0 aliphatic rings. The average Bonchev–Trinajstić information content (AvgIpc) is 3.11. The maximum Gasteiger partial charge on any atom is 0.410 e. The summed E-state index contributed by atoms with van der Waals surface area (Å²) in [4.78, 5) is 36.6. The monoisotopic (exact) mass is 733 g/mol. The van der Waals surface area contributed by atoms with Crippen LogP contribution in [-0.4, -0.2) is 49.4 Å². The van der Waals surface area contributed by atoms with E-state index in [1.165, 1.54) is 31.8 Å². The fourth-order valence-corrected chi connectivity index (χ4v) is 6.05. The van der Waals surface area contributed by atoms with E-state index in [9.17, 15) is 27.1 Å². The smallest absolute Gasteiger partial charge is 0.410 e. The van der Waals surface area contributed by atoms with Crippen LogP contribution in [0.3, 0.4) is 0 Å². The first kappa shape index (κ1) is 37.5. The minimum Gasteiger partial charge on any atom is -0.755 e. The number of unbranched alkanes of at least 4 members (excludes halogenated alkanes) is 4. The zero-order chi connectivity index (χ0) is 37.2. The van der Waals surface area contributed by atoms with Crippen LogP contribution in [0, 0.1) is 18.6 Å². The first-order valence-corrected chi connectivity index (χ1v) is 17.2. The molecule has 5 aromatic rings. The van der Waals surface area contributed by atoms with Gasteiger partial charge in [0.15, 0.2) is 11.6 Å². The van der Waals surface area contributed by atoms with Gasteiger partial charge in [0, 0.05) is 35.3 Å². The number of nitrogens with two attached hydrogens (primary N) is 1. The third-order valence-electron chi connectivity index (χ3n) is 7.94. The molecule has 13 nitrogen and oxygen atoms in total. The Hall–Kier alpha value is -5.74. The molecule has 16 heteroatoms. The lowest BCUT2D eigenvalue weighted by atomic mass is 10.0. The second-order valence-corrected chi connectivity index (χ2v) is 12.3. The van der Waals surface area contributed by atoms with Gasteiger partial charge in [0.25, 0.3) is 0 Å². The number of fused-ring (bicyclic) bond motifs is 1. The van der Waals surface area contributed by atoms with Crippen LogP contribution in [-0.2, 0) is 16.1 Å². The van der Waals surface area contributed by atoms with Gasteiger partial charge < -0.3 is 29.8 Å². The Morgan fingerprint density at radius 1 is 0.923 bits per heavy atom. The van der Waals surface area contributed by atoms with Crippen LogP contribution in [0.4, 0.5) is 30.6 Å². The third-order valence-corrected chi connectivity index (χ3v) is 8.63. The number of nitrogens with one attached hydrogen (secondary N) is 1. The van der Waals surface area contributed by atoms with Crippen molar-refractivity contribution in [3.05, 3.63) is 90.5 Å². The fourth-order valence-electron chi connectivity index (χ4n) is 5.45. The number of hydrogen-bond donors (Lipinski definition) is 2. The van der Waals surface area contributed by atoms with Gasteiger partial charge in [-0.3, -0.25) is 13.3 Å². The molecule has 52 heavy (non-hydrogen) atoms. The summed E-state index contributed by atoms with van der Waals surface area (Å²) >= 11 is -3.03. The number of aryl methyl sites for hydroxylation is 1. The molecule has 1 atom stereocenters. The molecular weight excluding hydrogens is 698 g/mol. The lowest BCUT2D eigenvalue weighted by molar-refractivity contribution is -0.116. The number of halogens is 2. The van der Waals surface area contributed by atoms with Gasteiger partial charge in [-0.1, -0.05) is 31.4 Å². The fraction of sp³-hybridized carbons (Fsp3) is 0.250. The predicted octanol–water partition coefficient (Wildman–Crippen LogP) is 7.03. The minimum absolute atomic E-state index is 0.0955. The van der Waals surface area contributed by atoms with Crippen LogP contribution in [0.1, 0.15) is 44.2 Å². The topological polar surface area (TPSA) is 182 Å². The van der Waals surface area contributed by atoms with Gasteiger partial charge in [-0.25, -0.2) is 28.5 Å².